The lowest BCUT2D eigenvalue weighted by Crippen LogP contribution is -2.25. The van der Waals surface area contributed by atoms with Crippen LogP contribution in [0.15, 0.2) is 42.5 Å². The van der Waals surface area contributed by atoms with Crippen LogP contribution in [0.3, 0.4) is 0 Å². The van der Waals surface area contributed by atoms with Gasteiger partial charge >= 0.3 is 0 Å². The maximum absolute atomic E-state index is 12.3. The number of nitrogens with one attached hydrogen (secondary N) is 2. The summed E-state index contributed by atoms with van der Waals surface area (Å²) in [5.74, 6) is -0.202. The monoisotopic (exact) mass is 308 g/mol. The van der Waals surface area contributed by atoms with Crippen molar-refractivity contribution in [2.75, 3.05) is 5.32 Å². The average Bonchev–Trinajstić information content (AvgIpc) is 3.31. The third-order valence-corrected chi connectivity index (χ3v) is 3.80. The lowest BCUT2D eigenvalue weighted by molar-refractivity contribution is 0.0950. The molecule has 2 N–H and O–H groups in total. The van der Waals surface area contributed by atoms with Crippen molar-refractivity contribution in [3.05, 3.63) is 64.7 Å². The minimum Gasteiger partial charge on any atom is -0.349 e. The number of carbonyl (C=O) groups excluding carboxylic acids is 2. The molecule has 0 atom stereocenters. The number of amides is 2. The summed E-state index contributed by atoms with van der Waals surface area (Å²) in [5.41, 5.74) is 4.04. The summed E-state index contributed by atoms with van der Waals surface area (Å²) in [7, 11) is 0. The van der Waals surface area contributed by atoms with Crippen molar-refractivity contribution in [2.45, 2.75) is 32.7 Å². The lowest BCUT2D eigenvalue weighted by atomic mass is 10.1. The third kappa shape index (κ3) is 3.97. The van der Waals surface area contributed by atoms with Crippen LogP contribution in [0.2, 0.25) is 0 Å². The van der Waals surface area contributed by atoms with Crippen LogP contribution < -0.4 is 10.6 Å². The third-order valence-electron chi connectivity index (χ3n) is 3.80. The standard InChI is InChI=1S/C19H20N2O2/c1-12-9-13(2)11-15(10-12)19(23)21-16-5-3-14(4-6-16)18(22)20-17-7-8-17/h3-6,9-11,17H,7-8H2,1-2H3,(H,20,22)(H,21,23). The van der Waals surface area contributed by atoms with Crippen LogP contribution in [-0.4, -0.2) is 17.9 Å². The summed E-state index contributed by atoms with van der Waals surface area (Å²) in [5, 5.41) is 5.80. The van der Waals surface area contributed by atoms with Crippen LogP contribution in [0, 0.1) is 13.8 Å². The molecule has 0 aromatic heterocycles. The van der Waals surface area contributed by atoms with Gasteiger partial charge in [0, 0.05) is 22.9 Å². The summed E-state index contributed by atoms with van der Waals surface area (Å²) in [4.78, 5) is 24.2. The Morgan fingerprint density at radius 3 is 2.04 bits per heavy atom. The second-order valence-corrected chi connectivity index (χ2v) is 6.16. The Morgan fingerprint density at radius 2 is 1.48 bits per heavy atom. The van der Waals surface area contributed by atoms with Crippen molar-refractivity contribution < 1.29 is 9.59 Å². The molecule has 0 aliphatic heterocycles. The zero-order valence-corrected chi connectivity index (χ0v) is 13.3. The van der Waals surface area contributed by atoms with Gasteiger partial charge in [-0.1, -0.05) is 17.2 Å². The molecule has 1 aliphatic rings. The molecular formula is C19H20N2O2. The zero-order chi connectivity index (χ0) is 16.4. The number of hydrogen-bond donors (Lipinski definition) is 2. The molecule has 1 saturated carbocycles. The van der Waals surface area contributed by atoms with Gasteiger partial charge in [-0.2, -0.15) is 0 Å². The van der Waals surface area contributed by atoms with Gasteiger partial charge in [-0.25, -0.2) is 0 Å². The normalized spacial score (nSPS) is 13.5. The van der Waals surface area contributed by atoms with Gasteiger partial charge in [-0.3, -0.25) is 9.59 Å². The molecule has 3 rings (SSSR count). The van der Waals surface area contributed by atoms with Gasteiger partial charge in [0.05, 0.1) is 0 Å². The smallest absolute Gasteiger partial charge is 0.255 e. The first-order chi connectivity index (χ1) is 11.0. The largest absolute Gasteiger partial charge is 0.349 e. The van der Waals surface area contributed by atoms with Crippen molar-refractivity contribution >= 4 is 17.5 Å². The van der Waals surface area contributed by atoms with Crippen LogP contribution in [0.1, 0.15) is 44.7 Å². The van der Waals surface area contributed by atoms with E-state index in [1.807, 2.05) is 32.0 Å². The second-order valence-electron chi connectivity index (χ2n) is 6.16. The summed E-state index contributed by atoms with van der Waals surface area (Å²) in [6.07, 6.45) is 2.13. The number of benzene rings is 2. The number of anilines is 1. The van der Waals surface area contributed by atoms with Crippen molar-refractivity contribution in [3.8, 4) is 0 Å². The maximum atomic E-state index is 12.3. The Labute approximate surface area is 135 Å². The lowest BCUT2D eigenvalue weighted by Gasteiger charge is -2.08. The van der Waals surface area contributed by atoms with Crippen LogP contribution in [-0.2, 0) is 0 Å². The van der Waals surface area contributed by atoms with E-state index < -0.39 is 0 Å². The summed E-state index contributed by atoms with van der Waals surface area (Å²) < 4.78 is 0. The van der Waals surface area contributed by atoms with Crippen LogP contribution in [0.5, 0.6) is 0 Å². The highest BCUT2D eigenvalue weighted by atomic mass is 16.2. The highest BCUT2D eigenvalue weighted by Crippen LogP contribution is 2.20. The van der Waals surface area contributed by atoms with Gasteiger partial charge in [0.15, 0.2) is 0 Å². The molecule has 0 radical (unpaired) electrons. The molecule has 2 amide bonds. The van der Waals surface area contributed by atoms with Crippen molar-refractivity contribution in [2.24, 2.45) is 0 Å². The molecule has 2 aromatic rings. The van der Waals surface area contributed by atoms with Gasteiger partial charge in [0.1, 0.15) is 0 Å². The highest BCUT2D eigenvalue weighted by Gasteiger charge is 2.23. The van der Waals surface area contributed by atoms with E-state index in [1.165, 1.54) is 0 Å². The second kappa shape index (κ2) is 6.24. The van der Waals surface area contributed by atoms with Gasteiger partial charge in [0.2, 0.25) is 0 Å². The number of rotatable bonds is 4. The molecule has 4 nitrogen and oxygen atoms in total. The molecular weight excluding hydrogens is 288 g/mol. The van der Waals surface area contributed by atoms with Crippen LogP contribution in [0.4, 0.5) is 5.69 Å². The van der Waals surface area contributed by atoms with E-state index in [0.29, 0.717) is 22.9 Å². The molecule has 1 fully saturated rings. The minimum atomic E-state index is -0.146. The fourth-order valence-corrected chi connectivity index (χ4v) is 2.51. The van der Waals surface area contributed by atoms with Crippen molar-refractivity contribution in [3.63, 3.8) is 0 Å². The Kier molecular flexibility index (Phi) is 4.15. The Morgan fingerprint density at radius 1 is 0.870 bits per heavy atom. The fourth-order valence-electron chi connectivity index (χ4n) is 2.51. The molecule has 0 heterocycles. The predicted octanol–water partition coefficient (Wildman–Crippen LogP) is 3.45. The van der Waals surface area contributed by atoms with E-state index in [9.17, 15) is 9.59 Å². The topological polar surface area (TPSA) is 58.2 Å². The van der Waals surface area contributed by atoms with Crippen LogP contribution in [0.25, 0.3) is 0 Å². The fraction of sp³-hybridized carbons (Fsp3) is 0.263. The number of aryl methyl sites for hydroxylation is 2. The Balaban J connectivity index is 1.67. The number of hydrogen-bond acceptors (Lipinski definition) is 2. The van der Waals surface area contributed by atoms with E-state index in [2.05, 4.69) is 10.6 Å². The van der Waals surface area contributed by atoms with Gasteiger partial charge in [-0.05, 0) is 63.1 Å². The Bertz CT molecular complexity index is 726. The first-order valence-corrected chi connectivity index (χ1v) is 7.82. The summed E-state index contributed by atoms with van der Waals surface area (Å²) in [6, 6.07) is 13.1. The molecule has 0 spiro atoms. The van der Waals surface area contributed by atoms with E-state index >= 15 is 0 Å². The van der Waals surface area contributed by atoms with Gasteiger partial charge in [-0.15, -0.1) is 0 Å². The molecule has 4 heteroatoms. The van der Waals surface area contributed by atoms with E-state index in [-0.39, 0.29) is 11.8 Å². The molecule has 0 saturated heterocycles. The first kappa shape index (κ1) is 15.3. The Hall–Kier alpha value is -2.62. The van der Waals surface area contributed by atoms with E-state index in [1.54, 1.807) is 24.3 Å². The quantitative estimate of drug-likeness (QED) is 0.909. The molecule has 2 aromatic carbocycles. The maximum Gasteiger partial charge on any atom is 0.255 e. The predicted molar refractivity (Wildman–Crippen MR) is 90.8 cm³/mol. The molecule has 1 aliphatic carbocycles. The molecule has 23 heavy (non-hydrogen) atoms. The minimum absolute atomic E-state index is 0.0558. The average molecular weight is 308 g/mol. The van der Waals surface area contributed by atoms with E-state index in [0.717, 1.165) is 24.0 Å². The van der Waals surface area contributed by atoms with Crippen molar-refractivity contribution in [1.29, 1.82) is 0 Å². The molecule has 0 bridgehead atoms. The number of carbonyl (C=O) groups is 2. The van der Waals surface area contributed by atoms with Crippen molar-refractivity contribution in [1.82, 2.24) is 5.32 Å². The first-order valence-electron chi connectivity index (χ1n) is 7.82. The van der Waals surface area contributed by atoms with Gasteiger partial charge < -0.3 is 10.6 Å². The summed E-state index contributed by atoms with van der Waals surface area (Å²) in [6.45, 7) is 3.94. The zero-order valence-electron chi connectivity index (χ0n) is 13.3. The molecule has 0 unspecified atom stereocenters. The SMILES string of the molecule is Cc1cc(C)cc(C(=O)Nc2ccc(C(=O)NC3CC3)cc2)c1. The van der Waals surface area contributed by atoms with Crippen LogP contribution >= 0.6 is 0 Å². The molecule has 118 valence electrons. The van der Waals surface area contributed by atoms with Gasteiger partial charge in [0.25, 0.3) is 11.8 Å². The highest BCUT2D eigenvalue weighted by molar-refractivity contribution is 6.04. The van der Waals surface area contributed by atoms with E-state index in [4.69, 9.17) is 0 Å². The summed E-state index contributed by atoms with van der Waals surface area (Å²) >= 11 is 0.